The van der Waals surface area contributed by atoms with Crippen molar-refractivity contribution in [3.63, 3.8) is 0 Å². The molecule has 0 aromatic carbocycles. The minimum atomic E-state index is -0.359. The number of unbranched alkanes of at least 4 members (excludes halogenated alkanes) is 13. The lowest BCUT2D eigenvalue weighted by atomic mass is 9.80. The van der Waals surface area contributed by atoms with Crippen molar-refractivity contribution in [2.24, 2.45) is 11.7 Å². The van der Waals surface area contributed by atoms with E-state index in [0.717, 1.165) is 12.8 Å². The van der Waals surface area contributed by atoms with Crippen molar-refractivity contribution in [3.05, 3.63) is 12.7 Å². The van der Waals surface area contributed by atoms with Gasteiger partial charge in [-0.05, 0) is 27.2 Å². The van der Waals surface area contributed by atoms with Gasteiger partial charge >= 0.3 is 5.97 Å². The maximum Gasteiger partial charge on any atom is 0.330 e. The second-order valence-corrected chi connectivity index (χ2v) is 9.16. The number of hydrogen-bond donors (Lipinski definition) is 1. The summed E-state index contributed by atoms with van der Waals surface area (Å²) in [7, 11) is 0. The Hall–Kier alpha value is -0.830. The van der Waals surface area contributed by atoms with E-state index < -0.39 is 0 Å². The summed E-state index contributed by atoms with van der Waals surface area (Å²) in [6.07, 6.45) is 21.1. The highest BCUT2D eigenvalue weighted by Crippen LogP contribution is 2.26. The van der Waals surface area contributed by atoms with Gasteiger partial charge in [0.1, 0.15) is 6.10 Å². The van der Waals surface area contributed by atoms with Crippen LogP contribution in [-0.2, 0) is 9.53 Å². The minimum Gasteiger partial charge on any atom is -0.459 e. The van der Waals surface area contributed by atoms with E-state index in [1.807, 2.05) is 20.8 Å². The average molecular weight is 396 g/mol. The van der Waals surface area contributed by atoms with E-state index in [0.29, 0.717) is 0 Å². The standard InChI is InChI=1S/C25H49NO2/c1-6-8-9-10-11-12-13-14-15-16-17-18-19-20-21-23(25(4,5)26)22(3)28-24(27)7-2/h7,22-23H,2,6,8-21,26H2,1,3-5H3. The Labute approximate surface area is 175 Å². The number of esters is 1. The number of rotatable bonds is 19. The molecule has 2 unspecified atom stereocenters. The molecule has 3 heteroatoms. The third-order valence-electron chi connectivity index (χ3n) is 5.86. The maximum absolute atomic E-state index is 11.5. The molecule has 0 aliphatic rings. The fourth-order valence-corrected chi connectivity index (χ4v) is 4.08. The zero-order valence-electron chi connectivity index (χ0n) is 19.4. The number of hydrogen-bond acceptors (Lipinski definition) is 3. The molecule has 0 saturated carbocycles. The minimum absolute atomic E-state index is 0.174. The smallest absolute Gasteiger partial charge is 0.330 e. The first-order valence-electron chi connectivity index (χ1n) is 11.9. The number of nitrogens with two attached hydrogens (primary N) is 1. The lowest BCUT2D eigenvalue weighted by Crippen LogP contribution is -2.47. The molecule has 0 radical (unpaired) electrons. The van der Waals surface area contributed by atoms with Gasteiger partial charge in [-0.15, -0.1) is 0 Å². The largest absolute Gasteiger partial charge is 0.459 e. The highest BCUT2D eigenvalue weighted by molar-refractivity contribution is 5.81. The van der Waals surface area contributed by atoms with Crippen LogP contribution < -0.4 is 5.73 Å². The van der Waals surface area contributed by atoms with Crippen molar-refractivity contribution in [2.75, 3.05) is 0 Å². The second kappa shape index (κ2) is 17.1. The SMILES string of the molecule is C=CC(=O)OC(C)C(CCCCCCCCCCCCCCCC)C(C)(C)N. The van der Waals surface area contributed by atoms with E-state index in [1.165, 1.54) is 89.5 Å². The van der Waals surface area contributed by atoms with Crippen molar-refractivity contribution in [1.82, 2.24) is 0 Å². The lowest BCUT2D eigenvalue weighted by molar-refractivity contribution is -0.145. The molecule has 0 aliphatic heterocycles. The summed E-state index contributed by atoms with van der Waals surface area (Å²) < 4.78 is 5.42. The van der Waals surface area contributed by atoms with Crippen LogP contribution in [0.4, 0.5) is 0 Å². The average Bonchev–Trinajstić information content (AvgIpc) is 2.63. The van der Waals surface area contributed by atoms with Crippen LogP contribution in [0.15, 0.2) is 12.7 Å². The molecular formula is C25H49NO2. The van der Waals surface area contributed by atoms with Crippen molar-refractivity contribution in [1.29, 1.82) is 0 Å². The molecule has 0 spiro atoms. The second-order valence-electron chi connectivity index (χ2n) is 9.16. The molecule has 166 valence electrons. The Morgan fingerprint density at radius 1 is 0.893 bits per heavy atom. The first kappa shape index (κ1) is 27.2. The molecule has 2 N–H and O–H groups in total. The van der Waals surface area contributed by atoms with Gasteiger partial charge in [0.05, 0.1) is 0 Å². The predicted octanol–water partition coefficient (Wildman–Crippen LogP) is 7.33. The van der Waals surface area contributed by atoms with Crippen LogP contribution >= 0.6 is 0 Å². The first-order chi connectivity index (χ1) is 13.3. The van der Waals surface area contributed by atoms with Crippen molar-refractivity contribution in [3.8, 4) is 0 Å². The summed E-state index contributed by atoms with van der Waals surface area (Å²) in [5.41, 5.74) is 5.99. The third-order valence-corrected chi connectivity index (χ3v) is 5.86. The van der Waals surface area contributed by atoms with Crippen molar-refractivity contribution in [2.45, 2.75) is 136 Å². The summed E-state index contributed by atoms with van der Waals surface area (Å²) in [4.78, 5) is 11.5. The summed E-state index contributed by atoms with van der Waals surface area (Å²) >= 11 is 0. The summed E-state index contributed by atoms with van der Waals surface area (Å²) in [6.45, 7) is 11.8. The summed E-state index contributed by atoms with van der Waals surface area (Å²) in [5, 5.41) is 0. The molecule has 0 heterocycles. The molecule has 3 nitrogen and oxygen atoms in total. The van der Waals surface area contributed by atoms with Gasteiger partial charge in [0.15, 0.2) is 0 Å². The van der Waals surface area contributed by atoms with Gasteiger partial charge in [-0.1, -0.05) is 103 Å². The van der Waals surface area contributed by atoms with Gasteiger partial charge in [-0.25, -0.2) is 4.79 Å². The van der Waals surface area contributed by atoms with Crippen molar-refractivity contribution < 1.29 is 9.53 Å². The molecule has 0 bridgehead atoms. The van der Waals surface area contributed by atoms with Crippen LogP contribution in [0.3, 0.4) is 0 Å². The maximum atomic E-state index is 11.5. The molecule has 0 amide bonds. The van der Waals surface area contributed by atoms with E-state index in [-0.39, 0.29) is 23.5 Å². The third kappa shape index (κ3) is 15.1. The molecule has 2 atom stereocenters. The highest BCUT2D eigenvalue weighted by atomic mass is 16.5. The normalized spacial score (nSPS) is 13.9. The molecule has 0 saturated heterocycles. The van der Waals surface area contributed by atoms with E-state index in [4.69, 9.17) is 10.5 Å². The summed E-state index contributed by atoms with van der Waals surface area (Å²) in [5.74, 6) is -0.184. The van der Waals surface area contributed by atoms with Gasteiger partial charge < -0.3 is 10.5 Å². The Kier molecular flexibility index (Phi) is 16.6. The Balaban J connectivity index is 3.70. The molecule has 0 aromatic heterocycles. The molecular weight excluding hydrogens is 346 g/mol. The lowest BCUT2D eigenvalue weighted by Gasteiger charge is -2.34. The Morgan fingerprint density at radius 2 is 1.29 bits per heavy atom. The van der Waals surface area contributed by atoms with Gasteiger partial charge in [0.25, 0.3) is 0 Å². The van der Waals surface area contributed by atoms with Crippen LogP contribution in [0.1, 0.15) is 124 Å². The first-order valence-corrected chi connectivity index (χ1v) is 11.9. The number of ether oxygens (including phenoxy) is 1. The fraction of sp³-hybridized carbons (Fsp3) is 0.880. The van der Waals surface area contributed by atoms with Crippen LogP contribution in [0.25, 0.3) is 0 Å². The fourth-order valence-electron chi connectivity index (χ4n) is 4.08. The van der Waals surface area contributed by atoms with Gasteiger partial charge in [-0.3, -0.25) is 0 Å². The topological polar surface area (TPSA) is 52.3 Å². The van der Waals surface area contributed by atoms with Crippen LogP contribution in [-0.4, -0.2) is 17.6 Å². The van der Waals surface area contributed by atoms with Crippen molar-refractivity contribution >= 4 is 5.97 Å². The van der Waals surface area contributed by atoms with Gasteiger partial charge in [0, 0.05) is 17.5 Å². The zero-order chi connectivity index (χ0) is 21.3. The van der Waals surface area contributed by atoms with E-state index in [9.17, 15) is 4.79 Å². The molecule has 0 rings (SSSR count). The van der Waals surface area contributed by atoms with E-state index in [1.54, 1.807) is 0 Å². The monoisotopic (exact) mass is 395 g/mol. The predicted molar refractivity (Wildman–Crippen MR) is 122 cm³/mol. The van der Waals surface area contributed by atoms with Crippen LogP contribution in [0, 0.1) is 5.92 Å². The van der Waals surface area contributed by atoms with E-state index >= 15 is 0 Å². The van der Waals surface area contributed by atoms with Gasteiger partial charge in [-0.2, -0.15) is 0 Å². The van der Waals surface area contributed by atoms with E-state index in [2.05, 4.69) is 13.5 Å². The Bertz CT molecular complexity index is 386. The Morgan fingerprint density at radius 3 is 1.64 bits per heavy atom. The van der Waals surface area contributed by atoms with Gasteiger partial charge in [0.2, 0.25) is 0 Å². The van der Waals surface area contributed by atoms with Crippen LogP contribution in [0.5, 0.6) is 0 Å². The molecule has 0 fully saturated rings. The number of carbonyl (C=O) groups excluding carboxylic acids is 1. The summed E-state index contributed by atoms with van der Waals surface area (Å²) in [6, 6.07) is 0. The van der Waals surface area contributed by atoms with Crippen LogP contribution in [0.2, 0.25) is 0 Å². The molecule has 28 heavy (non-hydrogen) atoms. The highest BCUT2D eigenvalue weighted by Gasteiger charge is 2.31. The zero-order valence-corrected chi connectivity index (χ0v) is 19.4. The quantitative estimate of drug-likeness (QED) is 0.141. The molecule has 0 aliphatic carbocycles. The molecule has 0 aromatic rings. The number of carbonyl (C=O) groups is 1.